The molecule has 4 atom stereocenters. The molecule has 3 amide bonds. The first-order valence-electron chi connectivity index (χ1n) is 11.2. The van der Waals surface area contributed by atoms with E-state index in [0.717, 1.165) is 16.5 Å². The molecule has 3 rings (SSSR count). The molecule has 12 heteroatoms. The number of para-hydroxylation sites is 1. The SMILES string of the molecule is CC(NC(=O)C1CCCN1C(=O)C(CC(=O)O)NC(=O)C(N)Cc1c[nH]c2ccccc12)C(=O)O. The highest BCUT2D eigenvalue weighted by molar-refractivity contribution is 5.96. The monoisotopic (exact) mass is 487 g/mol. The summed E-state index contributed by atoms with van der Waals surface area (Å²) in [5, 5.41) is 24.0. The Balaban J connectivity index is 1.69. The second-order valence-electron chi connectivity index (χ2n) is 8.59. The summed E-state index contributed by atoms with van der Waals surface area (Å²) in [7, 11) is 0. The molecule has 0 spiro atoms. The fourth-order valence-electron chi connectivity index (χ4n) is 4.16. The van der Waals surface area contributed by atoms with Crippen LogP contribution in [0.1, 0.15) is 31.7 Å². The number of amides is 3. The zero-order valence-corrected chi connectivity index (χ0v) is 19.2. The van der Waals surface area contributed by atoms with Crippen LogP contribution in [-0.4, -0.2) is 80.5 Å². The van der Waals surface area contributed by atoms with Gasteiger partial charge in [0.15, 0.2) is 0 Å². The van der Waals surface area contributed by atoms with Crippen molar-refractivity contribution in [2.24, 2.45) is 5.73 Å². The van der Waals surface area contributed by atoms with Crippen molar-refractivity contribution in [1.29, 1.82) is 0 Å². The largest absolute Gasteiger partial charge is 0.481 e. The average molecular weight is 488 g/mol. The van der Waals surface area contributed by atoms with Crippen LogP contribution < -0.4 is 16.4 Å². The van der Waals surface area contributed by atoms with Crippen molar-refractivity contribution in [3.8, 4) is 0 Å². The molecule has 1 aliphatic heterocycles. The molecule has 1 aromatic heterocycles. The third-order valence-corrected chi connectivity index (χ3v) is 6.01. The number of aromatic amines is 1. The number of hydrogen-bond donors (Lipinski definition) is 6. The van der Waals surface area contributed by atoms with E-state index in [-0.39, 0.29) is 19.4 Å². The number of rotatable bonds is 10. The minimum Gasteiger partial charge on any atom is -0.481 e. The number of carbonyl (C=O) groups is 5. The molecule has 35 heavy (non-hydrogen) atoms. The van der Waals surface area contributed by atoms with Crippen LogP contribution >= 0.6 is 0 Å². The number of aliphatic carboxylic acids is 2. The second kappa shape index (κ2) is 11.0. The fraction of sp³-hybridized carbons (Fsp3) is 0.435. The number of hydrogen-bond acceptors (Lipinski definition) is 6. The van der Waals surface area contributed by atoms with Crippen molar-refractivity contribution in [3.05, 3.63) is 36.0 Å². The zero-order chi connectivity index (χ0) is 25.7. The molecule has 188 valence electrons. The lowest BCUT2D eigenvalue weighted by molar-refractivity contribution is -0.147. The van der Waals surface area contributed by atoms with Crippen molar-refractivity contribution >= 4 is 40.6 Å². The van der Waals surface area contributed by atoms with Crippen LogP contribution in [0.25, 0.3) is 10.9 Å². The van der Waals surface area contributed by atoms with Gasteiger partial charge in [0, 0.05) is 23.6 Å². The molecule has 12 nitrogen and oxygen atoms in total. The number of fused-ring (bicyclic) bond motifs is 1. The van der Waals surface area contributed by atoms with E-state index in [0.29, 0.717) is 6.42 Å². The molecule has 1 aromatic carbocycles. The highest BCUT2D eigenvalue weighted by atomic mass is 16.4. The number of nitrogens with zero attached hydrogens (tertiary/aromatic N) is 1. The summed E-state index contributed by atoms with van der Waals surface area (Å²) in [5.74, 6) is -4.62. The summed E-state index contributed by atoms with van der Waals surface area (Å²) in [6.45, 7) is 1.47. The number of aromatic nitrogens is 1. The minimum absolute atomic E-state index is 0.158. The lowest BCUT2D eigenvalue weighted by Crippen LogP contribution is -2.57. The quantitative estimate of drug-likeness (QED) is 0.260. The smallest absolute Gasteiger partial charge is 0.325 e. The van der Waals surface area contributed by atoms with Gasteiger partial charge in [0.25, 0.3) is 0 Å². The second-order valence-corrected chi connectivity index (χ2v) is 8.59. The van der Waals surface area contributed by atoms with E-state index in [1.807, 2.05) is 24.3 Å². The number of carboxylic acid groups (broad SMARTS) is 2. The lowest BCUT2D eigenvalue weighted by atomic mass is 10.0. The normalized spacial score (nSPS) is 18.0. The van der Waals surface area contributed by atoms with Crippen molar-refractivity contribution in [1.82, 2.24) is 20.5 Å². The molecule has 0 bridgehead atoms. The molecule has 2 heterocycles. The number of benzene rings is 1. The van der Waals surface area contributed by atoms with E-state index in [1.54, 1.807) is 6.20 Å². The Morgan fingerprint density at radius 3 is 2.57 bits per heavy atom. The van der Waals surface area contributed by atoms with Gasteiger partial charge in [-0.1, -0.05) is 18.2 Å². The Morgan fingerprint density at radius 2 is 1.89 bits per heavy atom. The maximum Gasteiger partial charge on any atom is 0.325 e. The molecule has 1 saturated heterocycles. The number of nitrogens with two attached hydrogens (primary N) is 1. The highest BCUT2D eigenvalue weighted by Crippen LogP contribution is 2.21. The Hall–Kier alpha value is -3.93. The predicted octanol–water partition coefficient (Wildman–Crippen LogP) is -0.422. The summed E-state index contributed by atoms with van der Waals surface area (Å²) in [5.41, 5.74) is 7.75. The van der Waals surface area contributed by atoms with Crippen LogP contribution in [-0.2, 0) is 30.4 Å². The van der Waals surface area contributed by atoms with Crippen molar-refractivity contribution in [2.75, 3.05) is 6.54 Å². The van der Waals surface area contributed by atoms with Crippen molar-refractivity contribution in [3.63, 3.8) is 0 Å². The number of carboxylic acids is 2. The summed E-state index contributed by atoms with van der Waals surface area (Å²) in [4.78, 5) is 65.2. The first kappa shape index (κ1) is 25.7. The van der Waals surface area contributed by atoms with Crippen LogP contribution in [0.2, 0.25) is 0 Å². The third-order valence-electron chi connectivity index (χ3n) is 6.01. The van der Waals surface area contributed by atoms with E-state index in [9.17, 15) is 29.1 Å². The highest BCUT2D eigenvalue weighted by Gasteiger charge is 2.39. The Morgan fingerprint density at radius 1 is 1.17 bits per heavy atom. The van der Waals surface area contributed by atoms with Gasteiger partial charge < -0.3 is 36.5 Å². The summed E-state index contributed by atoms with van der Waals surface area (Å²) >= 11 is 0. The predicted molar refractivity (Wildman–Crippen MR) is 124 cm³/mol. The molecule has 0 radical (unpaired) electrons. The van der Waals surface area contributed by atoms with Crippen LogP contribution in [0, 0.1) is 0 Å². The van der Waals surface area contributed by atoms with Gasteiger partial charge in [0.1, 0.15) is 18.1 Å². The maximum atomic E-state index is 13.2. The fourth-order valence-corrected chi connectivity index (χ4v) is 4.16. The van der Waals surface area contributed by atoms with E-state index in [4.69, 9.17) is 10.8 Å². The molecule has 1 aliphatic rings. The van der Waals surface area contributed by atoms with E-state index in [2.05, 4.69) is 15.6 Å². The minimum atomic E-state index is -1.43. The van der Waals surface area contributed by atoms with E-state index >= 15 is 0 Å². The number of nitrogens with one attached hydrogen (secondary N) is 3. The number of likely N-dealkylation sites (tertiary alicyclic amines) is 1. The zero-order valence-electron chi connectivity index (χ0n) is 19.2. The maximum absolute atomic E-state index is 13.2. The van der Waals surface area contributed by atoms with Crippen LogP contribution in [0.4, 0.5) is 0 Å². The van der Waals surface area contributed by atoms with Gasteiger partial charge >= 0.3 is 11.9 Å². The summed E-state index contributed by atoms with van der Waals surface area (Å²) < 4.78 is 0. The van der Waals surface area contributed by atoms with Crippen LogP contribution in [0.5, 0.6) is 0 Å². The third kappa shape index (κ3) is 6.15. The van der Waals surface area contributed by atoms with E-state index in [1.165, 1.54) is 11.8 Å². The molecule has 1 fully saturated rings. The Kier molecular flexibility index (Phi) is 8.07. The van der Waals surface area contributed by atoms with Crippen LogP contribution in [0.3, 0.4) is 0 Å². The van der Waals surface area contributed by atoms with Gasteiger partial charge in [0.05, 0.1) is 12.5 Å². The first-order valence-corrected chi connectivity index (χ1v) is 11.2. The van der Waals surface area contributed by atoms with Crippen LogP contribution in [0.15, 0.2) is 30.5 Å². The standard InChI is InChI=1S/C23H29N5O7/c1-12(23(34)35)26-21(32)18-7-4-8-28(18)22(33)17(10-19(29)30)27-20(31)15(24)9-13-11-25-16-6-3-2-5-14(13)16/h2-3,5-6,11-12,15,17-18,25H,4,7-10,24H2,1H3,(H,26,32)(H,27,31)(H,29,30)(H,34,35). The van der Waals surface area contributed by atoms with Gasteiger partial charge in [-0.25, -0.2) is 0 Å². The van der Waals surface area contributed by atoms with E-state index < -0.39 is 60.2 Å². The van der Waals surface area contributed by atoms with Gasteiger partial charge in [-0.3, -0.25) is 24.0 Å². The molecule has 7 N–H and O–H groups in total. The van der Waals surface area contributed by atoms with Gasteiger partial charge in [-0.05, 0) is 37.8 Å². The van der Waals surface area contributed by atoms with Gasteiger partial charge in [-0.15, -0.1) is 0 Å². The molecular formula is C23H29N5O7. The summed E-state index contributed by atoms with van der Waals surface area (Å²) in [6.07, 6.45) is 1.96. The molecule has 0 aliphatic carbocycles. The lowest BCUT2D eigenvalue weighted by Gasteiger charge is -2.29. The number of carbonyl (C=O) groups excluding carboxylic acids is 3. The van der Waals surface area contributed by atoms with Gasteiger partial charge in [-0.2, -0.15) is 0 Å². The Bertz CT molecular complexity index is 1130. The van der Waals surface area contributed by atoms with Gasteiger partial charge in [0.2, 0.25) is 17.7 Å². The topological polar surface area (TPSA) is 195 Å². The van der Waals surface area contributed by atoms with Crippen molar-refractivity contribution in [2.45, 2.75) is 56.8 Å². The molecular weight excluding hydrogens is 458 g/mol. The molecule has 0 saturated carbocycles. The summed E-state index contributed by atoms with van der Waals surface area (Å²) in [6, 6.07) is 2.89. The Labute approximate surface area is 200 Å². The van der Waals surface area contributed by atoms with Crippen molar-refractivity contribution < 1.29 is 34.2 Å². The molecule has 4 unspecified atom stereocenters. The molecule has 2 aromatic rings. The number of H-pyrrole nitrogens is 1. The average Bonchev–Trinajstić information content (AvgIpc) is 3.45. The first-order chi connectivity index (χ1) is 16.6.